The van der Waals surface area contributed by atoms with Crippen LogP contribution < -0.4 is 0 Å². The van der Waals surface area contributed by atoms with Crippen LogP contribution in [0.2, 0.25) is 0 Å². The van der Waals surface area contributed by atoms with Crippen LogP contribution in [0.4, 0.5) is 0 Å². The molecule has 0 aromatic heterocycles. The van der Waals surface area contributed by atoms with Gasteiger partial charge in [0.1, 0.15) is 0 Å². The zero-order valence-corrected chi connectivity index (χ0v) is 8.81. The Hall–Kier alpha value is 0.250. The van der Waals surface area contributed by atoms with Gasteiger partial charge in [0.15, 0.2) is 0 Å². The van der Waals surface area contributed by atoms with Crippen LogP contribution in [0, 0.1) is 11.8 Å². The van der Waals surface area contributed by atoms with Gasteiger partial charge in [-0.05, 0) is 24.7 Å². The molecule has 1 aliphatic carbocycles. The summed E-state index contributed by atoms with van der Waals surface area (Å²) >= 11 is 5.59. The van der Waals surface area contributed by atoms with Gasteiger partial charge in [-0.2, -0.15) is 0 Å². The molecule has 0 bridgehead atoms. The molecule has 72 valence electrons. The van der Waals surface area contributed by atoms with Crippen molar-refractivity contribution >= 4 is 11.6 Å². The number of halogens is 1. The van der Waals surface area contributed by atoms with Gasteiger partial charge in [0.25, 0.3) is 0 Å². The van der Waals surface area contributed by atoms with Crippen molar-refractivity contribution in [2.45, 2.75) is 39.2 Å². The Bertz CT molecular complexity index is 117. The van der Waals surface area contributed by atoms with Crippen LogP contribution in [0.3, 0.4) is 0 Å². The lowest BCUT2D eigenvalue weighted by Crippen LogP contribution is -2.33. The quantitative estimate of drug-likeness (QED) is 0.622. The smallest absolute Gasteiger partial charge is 0.0626 e. The van der Waals surface area contributed by atoms with E-state index in [1.165, 1.54) is 19.3 Å². The fourth-order valence-corrected chi connectivity index (χ4v) is 2.25. The van der Waals surface area contributed by atoms with Crippen LogP contribution in [0.15, 0.2) is 0 Å². The van der Waals surface area contributed by atoms with Gasteiger partial charge in [0, 0.05) is 5.88 Å². The van der Waals surface area contributed by atoms with Gasteiger partial charge in [0.05, 0.1) is 12.7 Å². The second kappa shape index (κ2) is 5.08. The standard InChI is InChI=1S/C10H19ClO/c1-8-4-3-5-9(2)10(8)12-7-6-11/h8-10H,3-7H2,1-2H3. The average molecular weight is 191 g/mol. The van der Waals surface area contributed by atoms with E-state index < -0.39 is 0 Å². The Balaban J connectivity index is 2.34. The summed E-state index contributed by atoms with van der Waals surface area (Å²) in [6.07, 6.45) is 4.45. The van der Waals surface area contributed by atoms with Crippen molar-refractivity contribution in [2.24, 2.45) is 11.8 Å². The highest BCUT2D eigenvalue weighted by molar-refractivity contribution is 6.17. The summed E-state index contributed by atoms with van der Waals surface area (Å²) in [6, 6.07) is 0. The molecule has 0 N–H and O–H groups in total. The third-order valence-corrected chi connectivity index (χ3v) is 2.98. The number of alkyl halides is 1. The van der Waals surface area contributed by atoms with Gasteiger partial charge in [-0.3, -0.25) is 0 Å². The molecule has 0 saturated heterocycles. The van der Waals surface area contributed by atoms with Crippen LogP contribution in [-0.2, 0) is 4.74 Å². The first-order valence-corrected chi connectivity index (χ1v) is 5.46. The van der Waals surface area contributed by atoms with Crippen LogP contribution in [-0.4, -0.2) is 18.6 Å². The molecule has 0 heterocycles. The molecule has 2 atom stereocenters. The van der Waals surface area contributed by atoms with Crippen molar-refractivity contribution in [3.63, 3.8) is 0 Å². The van der Waals surface area contributed by atoms with Crippen molar-refractivity contribution in [3.05, 3.63) is 0 Å². The lowest BCUT2D eigenvalue weighted by molar-refractivity contribution is -0.0308. The van der Waals surface area contributed by atoms with Gasteiger partial charge in [-0.15, -0.1) is 11.6 Å². The topological polar surface area (TPSA) is 9.23 Å². The molecule has 2 heteroatoms. The highest BCUT2D eigenvalue weighted by Gasteiger charge is 2.27. The maximum Gasteiger partial charge on any atom is 0.0626 e. The van der Waals surface area contributed by atoms with Gasteiger partial charge < -0.3 is 4.74 Å². The average Bonchev–Trinajstić information content (AvgIpc) is 2.04. The maximum atomic E-state index is 5.72. The number of ether oxygens (including phenoxy) is 1. The summed E-state index contributed by atoms with van der Waals surface area (Å²) in [7, 11) is 0. The van der Waals surface area contributed by atoms with Gasteiger partial charge in [0.2, 0.25) is 0 Å². The molecular weight excluding hydrogens is 172 g/mol. The highest BCUT2D eigenvalue weighted by atomic mass is 35.5. The first-order chi connectivity index (χ1) is 5.75. The molecule has 0 spiro atoms. The normalized spacial score (nSPS) is 36.8. The maximum absolute atomic E-state index is 5.72. The molecule has 0 aromatic carbocycles. The second-order valence-electron chi connectivity index (χ2n) is 3.91. The number of rotatable bonds is 3. The molecule has 1 rings (SSSR count). The molecule has 12 heavy (non-hydrogen) atoms. The predicted molar refractivity (Wildman–Crippen MR) is 52.6 cm³/mol. The minimum absolute atomic E-state index is 0.456. The van der Waals surface area contributed by atoms with Crippen molar-refractivity contribution in [1.82, 2.24) is 0 Å². The third-order valence-electron chi connectivity index (χ3n) is 2.83. The van der Waals surface area contributed by atoms with E-state index in [0.29, 0.717) is 18.6 Å². The summed E-state index contributed by atoms with van der Waals surface area (Å²) in [6.45, 7) is 5.28. The minimum Gasteiger partial charge on any atom is -0.376 e. The summed E-state index contributed by atoms with van der Waals surface area (Å²) in [5, 5.41) is 0. The summed E-state index contributed by atoms with van der Waals surface area (Å²) in [5.41, 5.74) is 0. The van der Waals surface area contributed by atoms with E-state index in [2.05, 4.69) is 13.8 Å². The van der Waals surface area contributed by atoms with E-state index in [1.807, 2.05) is 0 Å². The first kappa shape index (κ1) is 10.3. The largest absolute Gasteiger partial charge is 0.376 e. The van der Waals surface area contributed by atoms with Crippen LogP contribution in [0.5, 0.6) is 0 Å². The minimum atomic E-state index is 0.456. The molecule has 0 radical (unpaired) electrons. The monoisotopic (exact) mass is 190 g/mol. The number of hydrogen-bond acceptors (Lipinski definition) is 1. The second-order valence-corrected chi connectivity index (χ2v) is 4.29. The van der Waals surface area contributed by atoms with E-state index in [9.17, 15) is 0 Å². The molecule has 1 aliphatic rings. The SMILES string of the molecule is CC1CCCC(C)C1OCCCl. The number of hydrogen-bond donors (Lipinski definition) is 0. The summed E-state index contributed by atoms with van der Waals surface area (Å²) < 4.78 is 5.72. The molecular formula is C10H19ClO. The molecule has 2 unspecified atom stereocenters. The Labute approximate surface area is 80.4 Å². The fourth-order valence-electron chi connectivity index (χ4n) is 2.16. The van der Waals surface area contributed by atoms with E-state index in [0.717, 1.165) is 11.8 Å². The van der Waals surface area contributed by atoms with Crippen molar-refractivity contribution in [3.8, 4) is 0 Å². The Kier molecular flexibility index (Phi) is 4.38. The molecule has 1 saturated carbocycles. The van der Waals surface area contributed by atoms with Crippen molar-refractivity contribution in [1.29, 1.82) is 0 Å². The fraction of sp³-hybridized carbons (Fsp3) is 1.00. The first-order valence-electron chi connectivity index (χ1n) is 4.93. The van der Waals surface area contributed by atoms with E-state index in [1.54, 1.807) is 0 Å². The Morgan fingerprint density at radius 3 is 2.33 bits per heavy atom. The molecule has 0 amide bonds. The van der Waals surface area contributed by atoms with E-state index in [-0.39, 0.29) is 0 Å². The van der Waals surface area contributed by atoms with Gasteiger partial charge >= 0.3 is 0 Å². The highest BCUT2D eigenvalue weighted by Crippen LogP contribution is 2.30. The Morgan fingerprint density at radius 2 is 1.83 bits per heavy atom. The summed E-state index contributed by atoms with van der Waals surface area (Å²) in [5.74, 6) is 2.06. The molecule has 1 nitrogen and oxygen atoms in total. The van der Waals surface area contributed by atoms with Crippen LogP contribution in [0.25, 0.3) is 0 Å². The Morgan fingerprint density at radius 1 is 1.25 bits per heavy atom. The third kappa shape index (κ3) is 2.63. The molecule has 0 aliphatic heterocycles. The summed E-state index contributed by atoms with van der Waals surface area (Å²) in [4.78, 5) is 0. The predicted octanol–water partition coefficient (Wildman–Crippen LogP) is 3.07. The van der Waals surface area contributed by atoms with Crippen molar-refractivity contribution in [2.75, 3.05) is 12.5 Å². The van der Waals surface area contributed by atoms with Crippen molar-refractivity contribution < 1.29 is 4.74 Å². The van der Waals surface area contributed by atoms with Gasteiger partial charge in [-0.1, -0.05) is 20.3 Å². The van der Waals surface area contributed by atoms with E-state index >= 15 is 0 Å². The van der Waals surface area contributed by atoms with Crippen LogP contribution >= 0.6 is 11.6 Å². The lowest BCUT2D eigenvalue weighted by atomic mass is 9.81. The lowest BCUT2D eigenvalue weighted by Gasteiger charge is -2.34. The van der Waals surface area contributed by atoms with Gasteiger partial charge in [-0.25, -0.2) is 0 Å². The zero-order valence-electron chi connectivity index (χ0n) is 8.05. The van der Waals surface area contributed by atoms with Crippen LogP contribution in [0.1, 0.15) is 33.1 Å². The van der Waals surface area contributed by atoms with E-state index in [4.69, 9.17) is 16.3 Å². The molecule has 0 aromatic rings. The molecule has 1 fully saturated rings. The zero-order chi connectivity index (χ0) is 8.97.